The molecule has 1 amide bonds. The van der Waals surface area contributed by atoms with Crippen LogP contribution in [0.25, 0.3) is 0 Å². The molecule has 2 N–H and O–H groups in total. The summed E-state index contributed by atoms with van der Waals surface area (Å²) in [4.78, 5) is 19.1. The van der Waals surface area contributed by atoms with E-state index in [-0.39, 0.29) is 29.2 Å². The lowest BCUT2D eigenvalue weighted by Crippen LogP contribution is -2.41. The zero-order chi connectivity index (χ0) is 20.3. The van der Waals surface area contributed by atoms with E-state index in [9.17, 15) is 13.2 Å². The Kier molecular flexibility index (Phi) is 5.68. The summed E-state index contributed by atoms with van der Waals surface area (Å²) in [5.41, 5.74) is 0.488. The summed E-state index contributed by atoms with van der Waals surface area (Å²) in [5, 5.41) is 2.91. The van der Waals surface area contributed by atoms with Gasteiger partial charge in [0.15, 0.2) is 0 Å². The molecule has 2 aliphatic heterocycles. The molecule has 154 valence electrons. The molecule has 0 saturated carbocycles. The van der Waals surface area contributed by atoms with Crippen molar-refractivity contribution in [2.75, 3.05) is 26.2 Å². The molecule has 0 bridgehead atoms. The first-order valence-corrected chi connectivity index (χ1v) is 11.2. The zero-order valence-corrected chi connectivity index (χ0v) is 16.8. The van der Waals surface area contributed by atoms with Gasteiger partial charge in [0.05, 0.1) is 17.2 Å². The third kappa shape index (κ3) is 4.35. The van der Waals surface area contributed by atoms with E-state index in [1.54, 1.807) is 24.5 Å². The third-order valence-corrected chi connectivity index (χ3v) is 6.64. The van der Waals surface area contributed by atoms with Gasteiger partial charge in [-0.1, -0.05) is 18.6 Å². The molecule has 1 aromatic carbocycles. The number of rotatable bonds is 6. The number of hydrogen-bond acceptors (Lipinski definition) is 6. The van der Waals surface area contributed by atoms with Crippen molar-refractivity contribution in [2.24, 2.45) is 4.99 Å². The Hall–Kier alpha value is -2.65. The number of sulfonamides is 1. The van der Waals surface area contributed by atoms with Crippen LogP contribution < -0.4 is 10.0 Å². The van der Waals surface area contributed by atoms with Crippen LogP contribution in [0.2, 0.25) is 0 Å². The van der Waals surface area contributed by atoms with Gasteiger partial charge in [-0.2, -0.15) is 0 Å². The Labute approximate surface area is 170 Å². The third-order valence-electron chi connectivity index (χ3n) is 5.24. The average molecular weight is 417 g/mol. The van der Waals surface area contributed by atoms with E-state index in [2.05, 4.69) is 19.9 Å². The monoisotopic (exact) mass is 416 g/mol. The number of nitrogens with one attached hydrogen (secondary N) is 2. The van der Waals surface area contributed by atoms with E-state index in [1.807, 2.05) is 12.1 Å². The van der Waals surface area contributed by atoms with Gasteiger partial charge in [-0.05, 0) is 50.2 Å². The first-order valence-electron chi connectivity index (χ1n) is 9.75. The van der Waals surface area contributed by atoms with Gasteiger partial charge >= 0.3 is 0 Å². The summed E-state index contributed by atoms with van der Waals surface area (Å²) >= 11 is 0. The minimum absolute atomic E-state index is 0.0207. The molecule has 3 heterocycles. The molecule has 8 nitrogen and oxygen atoms in total. The van der Waals surface area contributed by atoms with E-state index in [0.717, 1.165) is 31.7 Å². The average Bonchev–Trinajstić information content (AvgIpc) is 3.34. The van der Waals surface area contributed by atoms with Gasteiger partial charge in [-0.3, -0.25) is 19.4 Å². The maximum absolute atomic E-state index is 12.4. The molecule has 29 heavy (non-hydrogen) atoms. The minimum Gasteiger partial charge on any atom is -0.468 e. The summed E-state index contributed by atoms with van der Waals surface area (Å²) < 4.78 is 32.2. The van der Waals surface area contributed by atoms with Crippen molar-refractivity contribution in [1.29, 1.82) is 0 Å². The molecule has 1 fully saturated rings. The Balaban J connectivity index is 1.40. The highest BCUT2D eigenvalue weighted by Crippen LogP contribution is 2.25. The fourth-order valence-electron chi connectivity index (χ4n) is 3.79. The van der Waals surface area contributed by atoms with E-state index in [1.165, 1.54) is 12.5 Å². The van der Waals surface area contributed by atoms with Crippen LogP contribution in [0.15, 0.2) is 57.0 Å². The van der Waals surface area contributed by atoms with Crippen LogP contribution in [0.1, 0.15) is 36.6 Å². The van der Waals surface area contributed by atoms with Crippen molar-refractivity contribution < 1.29 is 17.6 Å². The number of amidine groups is 1. The van der Waals surface area contributed by atoms with Crippen LogP contribution in [0, 0.1) is 0 Å². The van der Waals surface area contributed by atoms with Crippen LogP contribution in [-0.2, 0) is 14.8 Å². The summed E-state index contributed by atoms with van der Waals surface area (Å²) in [6, 6.07) is 10.3. The Morgan fingerprint density at radius 2 is 1.97 bits per heavy atom. The summed E-state index contributed by atoms with van der Waals surface area (Å²) in [6.07, 6.45) is 5.14. The lowest BCUT2D eigenvalue weighted by atomic mass is 10.1. The number of fused-ring (bicyclic) bond motifs is 1. The van der Waals surface area contributed by atoms with Crippen LogP contribution in [-0.4, -0.2) is 51.2 Å². The number of likely N-dealkylation sites (tertiary alicyclic amines) is 1. The first-order chi connectivity index (χ1) is 14.0. The molecular weight excluding hydrogens is 392 g/mol. The van der Waals surface area contributed by atoms with Crippen LogP contribution in [0.5, 0.6) is 0 Å². The number of hydrogen-bond donors (Lipinski definition) is 2. The van der Waals surface area contributed by atoms with Gasteiger partial charge in [0, 0.05) is 12.1 Å². The molecular formula is C20H24N4O4S. The van der Waals surface area contributed by atoms with E-state index in [0.29, 0.717) is 12.1 Å². The van der Waals surface area contributed by atoms with Gasteiger partial charge in [-0.25, -0.2) is 8.42 Å². The molecule has 0 aliphatic carbocycles. The van der Waals surface area contributed by atoms with Crippen molar-refractivity contribution in [1.82, 2.24) is 14.9 Å². The molecule has 1 saturated heterocycles. The summed E-state index contributed by atoms with van der Waals surface area (Å²) in [5.74, 6) is 0.764. The number of carbonyl (C=O) groups excluding carboxylic acids is 1. The normalized spacial score (nSPS) is 20.8. The van der Waals surface area contributed by atoms with Crippen molar-refractivity contribution in [3.05, 3.63) is 54.0 Å². The molecule has 0 spiro atoms. The molecule has 0 radical (unpaired) electrons. The standard InChI is InChI=1S/C20H24N4O4S/c25-19(14-22-20-15-7-2-3-9-18(15)29(26,27)23-20)21-13-16(17-8-6-12-28-17)24-10-4-1-5-11-24/h2-3,6-9,12,16H,1,4-5,10-11,13-14H2,(H,21,25)(H,22,23). The molecule has 2 aromatic rings. The first kappa shape index (κ1) is 19.7. The fraction of sp³-hybridized carbons (Fsp3) is 0.400. The van der Waals surface area contributed by atoms with Crippen molar-refractivity contribution in [3.63, 3.8) is 0 Å². The highest BCUT2D eigenvalue weighted by Gasteiger charge is 2.30. The van der Waals surface area contributed by atoms with Gasteiger partial charge in [0.2, 0.25) is 5.91 Å². The number of benzene rings is 1. The summed E-state index contributed by atoms with van der Waals surface area (Å²) in [6.45, 7) is 2.21. The molecule has 2 aliphatic rings. The number of aliphatic imine (C=N–C) groups is 1. The van der Waals surface area contributed by atoms with E-state index in [4.69, 9.17) is 4.42 Å². The smallest absolute Gasteiger partial charge is 0.263 e. The second kappa shape index (κ2) is 8.38. The molecule has 1 aromatic heterocycles. The topological polar surface area (TPSA) is 104 Å². The molecule has 1 atom stereocenters. The molecule has 9 heteroatoms. The lowest BCUT2D eigenvalue weighted by Gasteiger charge is -2.33. The number of furan rings is 1. The predicted octanol–water partition coefficient (Wildman–Crippen LogP) is 1.66. The minimum atomic E-state index is -3.60. The molecule has 4 rings (SSSR count). The van der Waals surface area contributed by atoms with Gasteiger partial charge in [0.1, 0.15) is 18.1 Å². The fourth-order valence-corrected chi connectivity index (χ4v) is 5.04. The Morgan fingerprint density at radius 3 is 2.72 bits per heavy atom. The second-order valence-corrected chi connectivity index (χ2v) is 8.85. The number of nitrogens with zero attached hydrogens (tertiary/aromatic N) is 2. The number of carbonyl (C=O) groups is 1. The predicted molar refractivity (Wildman–Crippen MR) is 108 cm³/mol. The van der Waals surface area contributed by atoms with E-state index >= 15 is 0 Å². The van der Waals surface area contributed by atoms with Gasteiger partial charge in [-0.15, -0.1) is 0 Å². The highest BCUT2D eigenvalue weighted by molar-refractivity contribution is 7.90. The maximum atomic E-state index is 12.4. The maximum Gasteiger partial charge on any atom is 0.263 e. The van der Waals surface area contributed by atoms with Crippen LogP contribution >= 0.6 is 0 Å². The summed E-state index contributed by atoms with van der Waals surface area (Å²) in [7, 11) is -3.60. The van der Waals surface area contributed by atoms with Crippen LogP contribution in [0.4, 0.5) is 0 Å². The zero-order valence-electron chi connectivity index (χ0n) is 16.0. The van der Waals surface area contributed by atoms with Crippen molar-refractivity contribution in [2.45, 2.75) is 30.2 Å². The lowest BCUT2D eigenvalue weighted by molar-refractivity contribution is -0.120. The Bertz CT molecular complexity index is 995. The second-order valence-electron chi connectivity index (χ2n) is 7.20. The van der Waals surface area contributed by atoms with Crippen molar-refractivity contribution in [3.8, 4) is 0 Å². The van der Waals surface area contributed by atoms with Crippen LogP contribution in [0.3, 0.4) is 0 Å². The van der Waals surface area contributed by atoms with Gasteiger partial charge < -0.3 is 9.73 Å². The Morgan fingerprint density at radius 1 is 1.17 bits per heavy atom. The highest BCUT2D eigenvalue weighted by atomic mass is 32.2. The largest absolute Gasteiger partial charge is 0.468 e. The van der Waals surface area contributed by atoms with Gasteiger partial charge in [0.25, 0.3) is 10.0 Å². The van der Waals surface area contributed by atoms with E-state index < -0.39 is 10.0 Å². The molecule has 1 unspecified atom stereocenters. The SMILES string of the molecule is O=C(CN=C1NS(=O)(=O)c2ccccc21)NCC(c1ccco1)N1CCCCC1. The number of piperidine rings is 1. The quantitative estimate of drug-likeness (QED) is 0.745. The van der Waals surface area contributed by atoms with Crippen molar-refractivity contribution >= 4 is 21.8 Å². The number of amides is 1.